The Labute approximate surface area is 244 Å². The Balaban J connectivity index is 1.31. The first-order valence-electron chi connectivity index (χ1n) is 14.4. The monoisotopic (exact) mass is 576 g/mol. The third kappa shape index (κ3) is 5.28. The number of aliphatic hydroxyl groups excluding tert-OH is 2. The van der Waals surface area contributed by atoms with E-state index in [9.17, 15) is 19.4 Å². The number of aromatic nitrogens is 2. The molecule has 3 aliphatic rings. The zero-order valence-corrected chi connectivity index (χ0v) is 24.0. The van der Waals surface area contributed by atoms with Gasteiger partial charge in [-0.25, -0.2) is 4.39 Å². The Morgan fingerprint density at radius 3 is 2.50 bits per heavy atom. The molecule has 0 aliphatic carbocycles. The molecule has 0 bridgehead atoms. The van der Waals surface area contributed by atoms with Crippen LogP contribution in [-0.2, 0) is 17.8 Å². The molecule has 1 amide bonds. The van der Waals surface area contributed by atoms with Gasteiger partial charge in [0, 0.05) is 55.8 Å². The van der Waals surface area contributed by atoms with E-state index >= 15 is 0 Å². The third-order valence-corrected chi connectivity index (χ3v) is 8.83. The number of ether oxygens (including phenoxy) is 1. The molecule has 42 heavy (non-hydrogen) atoms. The van der Waals surface area contributed by atoms with Crippen molar-refractivity contribution in [1.29, 1.82) is 0 Å². The highest BCUT2D eigenvalue weighted by atomic mass is 19.1. The van der Waals surface area contributed by atoms with Crippen LogP contribution in [0.25, 0.3) is 10.8 Å². The van der Waals surface area contributed by atoms with Crippen LogP contribution in [0.5, 0.6) is 6.01 Å². The van der Waals surface area contributed by atoms with Crippen LogP contribution < -0.4 is 14.5 Å². The summed E-state index contributed by atoms with van der Waals surface area (Å²) in [6, 6.07) is 12.5. The van der Waals surface area contributed by atoms with Crippen molar-refractivity contribution in [3.8, 4) is 6.01 Å². The van der Waals surface area contributed by atoms with Gasteiger partial charge in [-0.1, -0.05) is 36.9 Å². The SMILES string of the molecule is C=C(F)C(=O)N1CCN(c2nc(OC[C@@H]3[C@H](O)CC(O)N3C)nc3c2CCN(c2cccc4cccc(C)c24)C3)CC1. The number of benzene rings is 2. The molecule has 1 unspecified atom stereocenters. The van der Waals surface area contributed by atoms with Crippen LogP contribution in [0, 0.1) is 6.92 Å². The fourth-order valence-electron chi connectivity index (χ4n) is 6.40. The van der Waals surface area contributed by atoms with Gasteiger partial charge in [-0.15, -0.1) is 0 Å². The number of nitrogens with zero attached hydrogens (tertiary/aromatic N) is 6. The second-order valence-corrected chi connectivity index (χ2v) is 11.4. The van der Waals surface area contributed by atoms with Crippen LogP contribution >= 0.6 is 0 Å². The summed E-state index contributed by atoms with van der Waals surface area (Å²) >= 11 is 0. The first-order chi connectivity index (χ1) is 20.2. The van der Waals surface area contributed by atoms with Crippen molar-refractivity contribution < 1.29 is 24.1 Å². The van der Waals surface area contributed by atoms with E-state index in [1.54, 1.807) is 11.9 Å². The molecular weight excluding hydrogens is 539 g/mol. The average molecular weight is 577 g/mol. The van der Waals surface area contributed by atoms with Crippen LogP contribution in [0.3, 0.4) is 0 Å². The fraction of sp³-hybridized carbons (Fsp3) is 0.452. The van der Waals surface area contributed by atoms with E-state index in [1.165, 1.54) is 21.2 Å². The number of likely N-dealkylation sites (tertiary alicyclic amines) is 1. The van der Waals surface area contributed by atoms with Crippen molar-refractivity contribution in [1.82, 2.24) is 19.8 Å². The lowest BCUT2D eigenvalue weighted by molar-refractivity contribution is -0.128. The Kier molecular flexibility index (Phi) is 7.73. The molecule has 0 radical (unpaired) electrons. The average Bonchev–Trinajstić information content (AvgIpc) is 3.24. The Hall–Kier alpha value is -3.80. The topological polar surface area (TPSA) is 106 Å². The van der Waals surface area contributed by atoms with Crippen molar-refractivity contribution in [3.63, 3.8) is 0 Å². The molecule has 3 atom stereocenters. The number of anilines is 2. The summed E-state index contributed by atoms with van der Waals surface area (Å²) in [5, 5.41) is 23.0. The lowest BCUT2D eigenvalue weighted by Crippen LogP contribution is -2.49. The first-order valence-corrected chi connectivity index (χ1v) is 14.4. The Bertz CT molecular complexity index is 1510. The number of piperazine rings is 1. The number of rotatable bonds is 6. The zero-order chi connectivity index (χ0) is 29.5. The number of aryl methyl sites for hydroxylation is 1. The van der Waals surface area contributed by atoms with E-state index in [1.807, 2.05) is 0 Å². The van der Waals surface area contributed by atoms with Gasteiger partial charge in [0.15, 0.2) is 5.83 Å². The van der Waals surface area contributed by atoms with E-state index in [-0.39, 0.29) is 25.1 Å². The van der Waals surface area contributed by atoms with E-state index in [2.05, 4.69) is 59.7 Å². The van der Waals surface area contributed by atoms with Crippen molar-refractivity contribution in [3.05, 3.63) is 65.6 Å². The van der Waals surface area contributed by atoms with Gasteiger partial charge in [-0.05, 0) is 37.4 Å². The smallest absolute Gasteiger partial charge is 0.318 e. The summed E-state index contributed by atoms with van der Waals surface area (Å²) in [6.45, 7) is 8.45. The predicted octanol–water partition coefficient (Wildman–Crippen LogP) is 2.39. The number of carbonyl (C=O) groups is 1. The van der Waals surface area contributed by atoms with E-state index in [0.717, 1.165) is 35.7 Å². The standard InChI is InChI=1S/C31H37FN6O4/c1-19-6-4-7-21-8-5-9-24(28(19)21)38-11-10-22-23(17-38)33-31(42-18-25-26(39)16-27(40)35(25)3)34-29(22)36-12-14-37(15-13-36)30(41)20(2)32/h4-9,25-27,39-40H,2,10-18H2,1,3H3/t25-,26-,27?/m1/s1. The molecule has 2 aromatic carbocycles. The second-order valence-electron chi connectivity index (χ2n) is 11.4. The highest BCUT2D eigenvalue weighted by Gasteiger charge is 2.38. The number of amides is 1. The first kappa shape index (κ1) is 28.3. The minimum atomic E-state index is -0.952. The molecule has 222 valence electrons. The Morgan fingerprint density at radius 2 is 1.81 bits per heavy atom. The number of carbonyl (C=O) groups excluding carboxylic acids is 1. The van der Waals surface area contributed by atoms with E-state index in [0.29, 0.717) is 32.7 Å². The number of aliphatic hydroxyl groups is 2. The molecule has 2 fully saturated rings. The lowest BCUT2D eigenvalue weighted by Gasteiger charge is -2.38. The van der Waals surface area contributed by atoms with E-state index < -0.39 is 24.1 Å². The maximum Gasteiger partial charge on any atom is 0.318 e. The van der Waals surface area contributed by atoms with Gasteiger partial charge < -0.3 is 29.6 Å². The molecule has 3 aliphatic heterocycles. The molecule has 11 heteroatoms. The maximum absolute atomic E-state index is 13.5. The number of fused-ring (bicyclic) bond motifs is 2. The summed E-state index contributed by atoms with van der Waals surface area (Å²) in [5.41, 5.74) is 4.27. The van der Waals surface area contributed by atoms with Gasteiger partial charge in [-0.2, -0.15) is 9.97 Å². The second kappa shape index (κ2) is 11.5. The van der Waals surface area contributed by atoms with Crippen LogP contribution in [0.4, 0.5) is 15.9 Å². The van der Waals surface area contributed by atoms with Gasteiger partial charge in [0.2, 0.25) is 0 Å². The predicted molar refractivity (Wildman–Crippen MR) is 158 cm³/mol. The molecule has 1 aromatic heterocycles. The molecule has 6 rings (SSSR count). The minimum absolute atomic E-state index is 0.125. The van der Waals surface area contributed by atoms with Crippen LogP contribution in [0.2, 0.25) is 0 Å². The molecule has 10 nitrogen and oxygen atoms in total. The quantitative estimate of drug-likeness (QED) is 0.428. The van der Waals surface area contributed by atoms with Crippen LogP contribution in [-0.4, -0.2) is 101 Å². The van der Waals surface area contributed by atoms with Crippen molar-refractivity contribution in [2.24, 2.45) is 0 Å². The third-order valence-electron chi connectivity index (χ3n) is 8.83. The molecular formula is C31H37FN6O4. The highest BCUT2D eigenvalue weighted by Crippen LogP contribution is 2.35. The highest BCUT2D eigenvalue weighted by molar-refractivity contribution is 5.97. The summed E-state index contributed by atoms with van der Waals surface area (Å²) in [6.07, 6.45) is -0.466. The molecule has 2 saturated heterocycles. The van der Waals surface area contributed by atoms with Crippen LogP contribution in [0.15, 0.2) is 48.8 Å². The molecule has 3 aromatic rings. The van der Waals surface area contributed by atoms with Crippen LogP contribution in [0.1, 0.15) is 23.2 Å². The number of likely N-dealkylation sites (N-methyl/N-ethyl adjacent to an activating group) is 1. The summed E-state index contributed by atoms with van der Waals surface area (Å²) < 4.78 is 19.6. The molecule has 0 saturated carbocycles. The van der Waals surface area contributed by atoms with Gasteiger partial charge in [0.1, 0.15) is 18.7 Å². The van der Waals surface area contributed by atoms with Gasteiger partial charge >= 0.3 is 6.01 Å². The van der Waals surface area contributed by atoms with Crippen molar-refractivity contribution >= 4 is 28.2 Å². The van der Waals surface area contributed by atoms with Gasteiger partial charge in [0.05, 0.1) is 24.4 Å². The summed E-state index contributed by atoms with van der Waals surface area (Å²) in [7, 11) is 1.75. The zero-order valence-electron chi connectivity index (χ0n) is 24.0. The number of hydrogen-bond acceptors (Lipinski definition) is 9. The largest absolute Gasteiger partial charge is 0.462 e. The normalized spacial score (nSPS) is 22.9. The number of halogens is 1. The fourth-order valence-corrected chi connectivity index (χ4v) is 6.40. The van der Waals surface area contributed by atoms with Gasteiger partial charge in [0.25, 0.3) is 5.91 Å². The van der Waals surface area contributed by atoms with Crippen molar-refractivity contribution in [2.75, 3.05) is 56.2 Å². The van der Waals surface area contributed by atoms with Gasteiger partial charge in [-0.3, -0.25) is 9.69 Å². The van der Waals surface area contributed by atoms with Crippen molar-refractivity contribution in [2.45, 2.75) is 44.7 Å². The molecule has 0 spiro atoms. The number of hydrogen-bond donors (Lipinski definition) is 2. The summed E-state index contributed by atoms with van der Waals surface area (Å²) in [4.78, 5) is 29.4. The maximum atomic E-state index is 13.5. The lowest BCUT2D eigenvalue weighted by atomic mass is 9.99. The van der Waals surface area contributed by atoms with E-state index in [4.69, 9.17) is 14.7 Å². The minimum Gasteiger partial charge on any atom is -0.462 e. The molecule has 2 N–H and O–H groups in total. The Morgan fingerprint density at radius 1 is 1.07 bits per heavy atom. The molecule has 4 heterocycles. The summed E-state index contributed by atoms with van der Waals surface area (Å²) in [5.74, 6) is -0.868.